The zero-order valence-electron chi connectivity index (χ0n) is 22.4. The van der Waals surface area contributed by atoms with Crippen molar-refractivity contribution in [3.05, 3.63) is 114 Å². The van der Waals surface area contributed by atoms with Gasteiger partial charge < -0.3 is 5.11 Å². The molecule has 2 N–H and O–H groups in total. The molecule has 13 heteroatoms. The van der Waals surface area contributed by atoms with Crippen LogP contribution in [-0.4, -0.2) is 43.3 Å². The number of nitrogens with one attached hydrogen (secondary N) is 1. The predicted molar refractivity (Wildman–Crippen MR) is 155 cm³/mol. The molecule has 216 valence electrons. The Morgan fingerprint density at radius 3 is 2.40 bits per heavy atom. The fourth-order valence-electron chi connectivity index (χ4n) is 4.67. The normalized spacial score (nSPS) is 11.6. The van der Waals surface area contributed by atoms with Gasteiger partial charge in [0.05, 0.1) is 17.6 Å². The molecule has 0 bridgehead atoms. The van der Waals surface area contributed by atoms with Crippen molar-refractivity contribution in [2.45, 2.75) is 18.4 Å². The minimum absolute atomic E-state index is 0.0713. The van der Waals surface area contributed by atoms with Crippen LogP contribution in [-0.2, 0) is 16.6 Å². The van der Waals surface area contributed by atoms with E-state index in [1.54, 1.807) is 47.4 Å². The topological polar surface area (TPSA) is 132 Å². The Hall–Kier alpha value is -5.43. The van der Waals surface area contributed by atoms with Gasteiger partial charge in [-0.15, -0.1) is 0 Å². The number of carboxylic acid groups (broad SMARTS) is 1. The van der Waals surface area contributed by atoms with E-state index >= 15 is 0 Å². The average molecular weight is 601 g/mol. The molecular formula is C30H22F2N6O4S. The lowest BCUT2D eigenvalue weighted by Gasteiger charge is -2.08. The highest BCUT2D eigenvalue weighted by Gasteiger charge is 2.24. The fourth-order valence-corrected chi connectivity index (χ4v) is 6.00. The third-order valence-corrected chi connectivity index (χ3v) is 8.43. The van der Waals surface area contributed by atoms with Crippen LogP contribution in [0.5, 0.6) is 0 Å². The predicted octanol–water partition coefficient (Wildman–Crippen LogP) is 5.92. The number of halogens is 2. The van der Waals surface area contributed by atoms with Gasteiger partial charge in [-0.05, 0) is 48.9 Å². The Morgan fingerprint density at radius 2 is 1.67 bits per heavy atom. The second-order valence-corrected chi connectivity index (χ2v) is 11.6. The number of hydrogen-bond donors (Lipinski definition) is 2. The summed E-state index contributed by atoms with van der Waals surface area (Å²) in [5.41, 5.74) is 3.50. The first-order valence-electron chi connectivity index (χ1n) is 12.8. The van der Waals surface area contributed by atoms with Gasteiger partial charge in [0.1, 0.15) is 5.82 Å². The molecule has 0 saturated heterocycles. The summed E-state index contributed by atoms with van der Waals surface area (Å²) in [7, 11) is -4.07. The maximum Gasteiger partial charge on any atom is 0.410 e. The largest absolute Gasteiger partial charge is 0.465 e. The van der Waals surface area contributed by atoms with Crippen LogP contribution < -0.4 is 5.32 Å². The number of pyridine rings is 2. The lowest BCUT2D eigenvalue weighted by atomic mass is 10.1. The Labute approximate surface area is 243 Å². The monoisotopic (exact) mass is 600 g/mol. The van der Waals surface area contributed by atoms with Crippen LogP contribution in [0.2, 0.25) is 0 Å². The zero-order chi connectivity index (χ0) is 30.3. The van der Waals surface area contributed by atoms with Crippen LogP contribution in [0.3, 0.4) is 0 Å². The van der Waals surface area contributed by atoms with E-state index in [1.807, 2.05) is 12.2 Å². The van der Waals surface area contributed by atoms with E-state index in [-0.39, 0.29) is 22.9 Å². The molecule has 0 spiro atoms. The van der Waals surface area contributed by atoms with Gasteiger partial charge >= 0.3 is 6.09 Å². The van der Waals surface area contributed by atoms with Gasteiger partial charge in [-0.1, -0.05) is 29.8 Å². The Balaban J connectivity index is 1.48. The van der Waals surface area contributed by atoms with Crippen LogP contribution in [0.1, 0.15) is 11.1 Å². The number of hydrogen-bond acceptors (Lipinski definition) is 6. The van der Waals surface area contributed by atoms with Crippen LogP contribution in [0.25, 0.3) is 33.3 Å². The van der Waals surface area contributed by atoms with Crippen LogP contribution in [0, 0.1) is 18.6 Å². The van der Waals surface area contributed by atoms with Crippen LogP contribution in [0.4, 0.5) is 19.4 Å². The molecule has 0 fully saturated rings. The zero-order valence-corrected chi connectivity index (χ0v) is 23.3. The van der Waals surface area contributed by atoms with Gasteiger partial charge in [0, 0.05) is 52.4 Å². The van der Waals surface area contributed by atoms with Crippen molar-refractivity contribution in [3.8, 4) is 22.3 Å². The van der Waals surface area contributed by atoms with Gasteiger partial charge in [-0.3, -0.25) is 10.00 Å². The highest BCUT2D eigenvalue weighted by Crippen LogP contribution is 2.35. The summed E-state index contributed by atoms with van der Waals surface area (Å²) >= 11 is 0. The first-order chi connectivity index (χ1) is 20.6. The summed E-state index contributed by atoms with van der Waals surface area (Å²) in [6, 6.07) is 15.3. The maximum atomic E-state index is 14.6. The highest BCUT2D eigenvalue weighted by molar-refractivity contribution is 7.90. The summed E-state index contributed by atoms with van der Waals surface area (Å²) < 4.78 is 58.5. The van der Waals surface area contributed by atoms with E-state index in [0.29, 0.717) is 33.2 Å². The molecule has 4 aromatic heterocycles. The third-order valence-electron chi connectivity index (χ3n) is 6.77. The van der Waals surface area contributed by atoms with Crippen molar-refractivity contribution in [3.63, 3.8) is 0 Å². The first-order valence-corrected chi connectivity index (χ1v) is 14.3. The third kappa shape index (κ3) is 5.45. The molecular weight excluding hydrogens is 578 g/mol. The van der Waals surface area contributed by atoms with Crippen molar-refractivity contribution in [1.29, 1.82) is 0 Å². The molecule has 10 nitrogen and oxygen atoms in total. The maximum absolute atomic E-state index is 14.6. The highest BCUT2D eigenvalue weighted by atomic mass is 32.2. The second kappa shape index (κ2) is 10.8. The number of amides is 1. The quantitative estimate of drug-likeness (QED) is 0.232. The summed E-state index contributed by atoms with van der Waals surface area (Å²) in [5.74, 6) is -1.71. The van der Waals surface area contributed by atoms with E-state index in [9.17, 15) is 22.0 Å². The molecule has 6 rings (SSSR count). The molecule has 0 aliphatic carbocycles. The molecule has 2 aromatic carbocycles. The number of anilines is 1. The van der Waals surface area contributed by atoms with E-state index in [2.05, 4.69) is 15.1 Å². The number of benzene rings is 2. The fraction of sp³-hybridized carbons (Fsp3) is 0.0667. The second-order valence-electron chi connectivity index (χ2n) is 9.79. The number of carbonyl (C=O) groups is 1. The van der Waals surface area contributed by atoms with Gasteiger partial charge in [0.15, 0.2) is 17.3 Å². The number of fused-ring (bicyclic) bond motifs is 1. The van der Waals surface area contributed by atoms with Crippen molar-refractivity contribution in [2.24, 2.45) is 0 Å². The van der Waals surface area contributed by atoms with Crippen molar-refractivity contribution >= 4 is 33.0 Å². The molecule has 43 heavy (non-hydrogen) atoms. The molecule has 0 radical (unpaired) electrons. The van der Waals surface area contributed by atoms with Gasteiger partial charge in [-0.2, -0.15) is 5.10 Å². The molecule has 0 atom stereocenters. The molecule has 0 saturated carbocycles. The Kier molecular flexibility index (Phi) is 6.94. The summed E-state index contributed by atoms with van der Waals surface area (Å²) in [5, 5.41) is 15.6. The van der Waals surface area contributed by atoms with E-state index in [1.165, 1.54) is 42.9 Å². The Morgan fingerprint density at radius 1 is 0.930 bits per heavy atom. The molecule has 0 unspecified atom stereocenters. The lowest BCUT2D eigenvalue weighted by molar-refractivity contribution is 0.209. The minimum atomic E-state index is -4.07. The van der Waals surface area contributed by atoms with Crippen LogP contribution in [0.15, 0.2) is 96.5 Å². The average Bonchev–Trinajstić information content (AvgIpc) is 3.59. The molecule has 0 aliphatic heterocycles. The van der Waals surface area contributed by atoms with E-state index < -0.39 is 27.8 Å². The van der Waals surface area contributed by atoms with Gasteiger partial charge in [-0.25, -0.2) is 35.9 Å². The SMILES string of the molecule is Cc1ccc(S(=O)(=O)n2cc(-c3cnn(Cc4cccc(F)c4)c3)c3cc(-c4cnc(NC(=O)O)c(F)c4)cnc32)cc1. The molecule has 4 heterocycles. The van der Waals surface area contributed by atoms with Gasteiger partial charge in [0.2, 0.25) is 0 Å². The Bertz CT molecular complexity index is 2120. The van der Waals surface area contributed by atoms with Crippen molar-refractivity contribution in [2.75, 3.05) is 5.32 Å². The number of aromatic nitrogens is 5. The van der Waals surface area contributed by atoms with Crippen molar-refractivity contribution < 1.29 is 27.1 Å². The van der Waals surface area contributed by atoms with E-state index in [0.717, 1.165) is 15.6 Å². The summed E-state index contributed by atoms with van der Waals surface area (Å²) in [4.78, 5) is 19.3. The number of nitrogens with zero attached hydrogens (tertiary/aromatic N) is 5. The van der Waals surface area contributed by atoms with E-state index in [4.69, 9.17) is 5.11 Å². The first kappa shape index (κ1) is 27.7. The number of rotatable bonds is 7. The standard InChI is InChI=1S/C30H22F2N6O4S/c1-18-5-7-24(8-6-18)43(41,42)38-17-26(22-14-35-37(16-22)15-19-3-2-4-23(31)9-19)25-10-20(13-34-29(25)38)21-11-27(32)28(33-12-21)36-30(39)40/h2-14,16-17H,15H2,1H3,(H,33,36)(H,39,40). The molecule has 0 aliphatic rings. The molecule has 1 amide bonds. The van der Waals surface area contributed by atoms with Crippen molar-refractivity contribution in [1.82, 2.24) is 23.7 Å². The lowest BCUT2D eigenvalue weighted by Crippen LogP contribution is -2.12. The minimum Gasteiger partial charge on any atom is -0.465 e. The van der Waals surface area contributed by atoms with Gasteiger partial charge in [0.25, 0.3) is 10.0 Å². The smallest absolute Gasteiger partial charge is 0.410 e. The summed E-state index contributed by atoms with van der Waals surface area (Å²) in [6.45, 7) is 2.13. The van der Waals surface area contributed by atoms with Crippen LogP contribution >= 0.6 is 0 Å². The summed E-state index contributed by atoms with van der Waals surface area (Å²) in [6.07, 6.45) is 5.95. The molecule has 6 aromatic rings. The number of aryl methyl sites for hydroxylation is 1.